The molecule has 6 nitrogen and oxygen atoms in total. The molecule has 0 bridgehead atoms. The number of anilines is 1. The molecule has 0 saturated heterocycles. The number of carbonyl (C=O) groups excluding carboxylic acids is 1. The Labute approximate surface area is 161 Å². The molecule has 0 unspecified atom stereocenters. The lowest BCUT2D eigenvalue weighted by atomic mass is 10.1. The van der Waals surface area contributed by atoms with Crippen molar-refractivity contribution in [3.05, 3.63) is 59.2 Å². The second-order valence-electron chi connectivity index (χ2n) is 6.20. The molecule has 146 valence electrons. The van der Waals surface area contributed by atoms with Crippen LogP contribution in [0.1, 0.15) is 34.8 Å². The summed E-state index contributed by atoms with van der Waals surface area (Å²) in [6, 6.07) is 11.7. The van der Waals surface area contributed by atoms with Crippen LogP contribution in [0.4, 0.5) is 5.69 Å². The fourth-order valence-corrected chi connectivity index (χ4v) is 3.91. The van der Waals surface area contributed by atoms with Gasteiger partial charge in [0, 0.05) is 25.8 Å². The number of sulfonamides is 1. The van der Waals surface area contributed by atoms with E-state index in [1.807, 2.05) is 32.0 Å². The summed E-state index contributed by atoms with van der Waals surface area (Å²) in [7, 11) is -2.20. The summed E-state index contributed by atoms with van der Waals surface area (Å²) in [6.45, 7) is 4.85. The highest BCUT2D eigenvalue weighted by molar-refractivity contribution is 7.92. The molecule has 1 amide bonds. The maximum Gasteiger partial charge on any atom is 0.261 e. The van der Waals surface area contributed by atoms with Gasteiger partial charge in [-0.05, 0) is 49.1 Å². The van der Waals surface area contributed by atoms with Crippen LogP contribution in [0.3, 0.4) is 0 Å². The molecule has 2 rings (SSSR count). The summed E-state index contributed by atoms with van der Waals surface area (Å²) in [5.74, 6) is -0.312. The number of amides is 1. The van der Waals surface area contributed by atoms with Crippen molar-refractivity contribution in [3.63, 3.8) is 0 Å². The Bertz CT molecular complexity index is 895. The van der Waals surface area contributed by atoms with Gasteiger partial charge < -0.3 is 10.1 Å². The molecule has 0 aliphatic heterocycles. The van der Waals surface area contributed by atoms with Gasteiger partial charge in [-0.15, -0.1) is 0 Å². The van der Waals surface area contributed by atoms with Crippen LogP contribution >= 0.6 is 0 Å². The topological polar surface area (TPSA) is 84.5 Å². The molecule has 0 radical (unpaired) electrons. The van der Waals surface area contributed by atoms with Gasteiger partial charge >= 0.3 is 0 Å². The number of hydrogen-bond acceptors (Lipinski definition) is 4. The molecule has 2 N–H and O–H groups in total. The predicted molar refractivity (Wildman–Crippen MR) is 107 cm³/mol. The average molecular weight is 391 g/mol. The number of para-hydroxylation sites is 1. The Hall–Kier alpha value is -2.38. The van der Waals surface area contributed by atoms with E-state index >= 15 is 0 Å². The van der Waals surface area contributed by atoms with Gasteiger partial charge in [-0.3, -0.25) is 9.52 Å². The molecular weight excluding hydrogens is 364 g/mol. The number of aryl methyl sites for hydroxylation is 2. The lowest BCUT2D eigenvalue weighted by molar-refractivity contribution is 0.0948. The maximum absolute atomic E-state index is 12.8. The van der Waals surface area contributed by atoms with Crippen LogP contribution in [0.15, 0.2) is 47.4 Å². The van der Waals surface area contributed by atoms with Gasteiger partial charge in [-0.1, -0.05) is 31.2 Å². The van der Waals surface area contributed by atoms with Crippen molar-refractivity contribution in [2.24, 2.45) is 0 Å². The molecule has 0 fully saturated rings. The van der Waals surface area contributed by atoms with E-state index in [0.29, 0.717) is 37.2 Å². The van der Waals surface area contributed by atoms with Crippen molar-refractivity contribution < 1.29 is 17.9 Å². The molecule has 0 saturated carbocycles. The van der Waals surface area contributed by atoms with E-state index in [-0.39, 0.29) is 10.8 Å². The minimum Gasteiger partial charge on any atom is -0.385 e. The molecule has 27 heavy (non-hydrogen) atoms. The van der Waals surface area contributed by atoms with Gasteiger partial charge in [-0.2, -0.15) is 0 Å². The van der Waals surface area contributed by atoms with Gasteiger partial charge in [-0.25, -0.2) is 8.42 Å². The second-order valence-corrected chi connectivity index (χ2v) is 7.88. The first-order chi connectivity index (χ1) is 12.9. The van der Waals surface area contributed by atoms with Crippen LogP contribution in [0, 0.1) is 6.92 Å². The Kier molecular flexibility index (Phi) is 7.38. The molecular formula is C20H26N2O4S. The summed E-state index contributed by atoms with van der Waals surface area (Å²) in [5, 5.41) is 2.76. The minimum atomic E-state index is -3.80. The molecule has 0 aliphatic carbocycles. The van der Waals surface area contributed by atoms with Crippen LogP contribution in [-0.4, -0.2) is 34.6 Å². The zero-order valence-corrected chi connectivity index (χ0v) is 16.7. The molecule has 2 aromatic carbocycles. The van der Waals surface area contributed by atoms with E-state index in [9.17, 15) is 13.2 Å². The summed E-state index contributed by atoms with van der Waals surface area (Å²) in [5.41, 5.74) is 2.67. The lowest BCUT2D eigenvalue weighted by Gasteiger charge is -2.15. The zero-order chi connectivity index (χ0) is 19.9. The maximum atomic E-state index is 12.8. The van der Waals surface area contributed by atoms with Crippen LogP contribution in [0.2, 0.25) is 0 Å². The fraction of sp³-hybridized carbons (Fsp3) is 0.350. The largest absolute Gasteiger partial charge is 0.385 e. The second kappa shape index (κ2) is 9.53. The van der Waals surface area contributed by atoms with E-state index in [1.165, 1.54) is 12.1 Å². The molecule has 0 aliphatic rings. The lowest BCUT2D eigenvalue weighted by Crippen LogP contribution is -2.25. The zero-order valence-electron chi connectivity index (χ0n) is 15.9. The summed E-state index contributed by atoms with van der Waals surface area (Å²) in [4.78, 5) is 12.3. The predicted octanol–water partition coefficient (Wildman–Crippen LogP) is 3.12. The number of ether oxygens (including phenoxy) is 1. The molecule has 7 heteroatoms. The quantitative estimate of drug-likeness (QED) is 0.644. The summed E-state index contributed by atoms with van der Waals surface area (Å²) < 4.78 is 33.3. The number of nitrogens with one attached hydrogen (secondary N) is 2. The third-order valence-electron chi connectivity index (χ3n) is 4.19. The third-order valence-corrected chi connectivity index (χ3v) is 5.54. The Morgan fingerprint density at radius 1 is 1.15 bits per heavy atom. The van der Waals surface area contributed by atoms with E-state index < -0.39 is 10.0 Å². The van der Waals surface area contributed by atoms with Crippen molar-refractivity contribution in [3.8, 4) is 0 Å². The highest BCUT2D eigenvalue weighted by atomic mass is 32.2. The monoisotopic (exact) mass is 390 g/mol. The Balaban J connectivity index is 2.21. The van der Waals surface area contributed by atoms with Crippen molar-refractivity contribution in [2.45, 2.75) is 31.6 Å². The first-order valence-corrected chi connectivity index (χ1v) is 10.4. The molecule has 0 atom stereocenters. The highest BCUT2D eigenvalue weighted by Crippen LogP contribution is 2.25. The van der Waals surface area contributed by atoms with E-state index in [2.05, 4.69) is 10.0 Å². The first-order valence-electron chi connectivity index (χ1n) is 8.87. The SMILES string of the molecule is CCc1cccc(C)c1NS(=O)(=O)c1cccc(C(=O)NCCCOC)c1. The van der Waals surface area contributed by atoms with Crippen molar-refractivity contribution in [1.29, 1.82) is 0 Å². The number of methoxy groups -OCH3 is 1. The fourth-order valence-electron chi connectivity index (χ4n) is 2.69. The minimum absolute atomic E-state index is 0.0531. The van der Waals surface area contributed by atoms with Crippen LogP contribution < -0.4 is 10.0 Å². The van der Waals surface area contributed by atoms with Gasteiger partial charge in [0.1, 0.15) is 0 Å². The molecule has 0 aromatic heterocycles. The highest BCUT2D eigenvalue weighted by Gasteiger charge is 2.18. The average Bonchev–Trinajstić information content (AvgIpc) is 2.66. The normalized spacial score (nSPS) is 11.2. The standard InChI is InChI=1S/C20H26N2O4S/c1-4-16-9-5-8-15(2)19(16)22-27(24,25)18-11-6-10-17(14-18)20(23)21-12-7-13-26-3/h5-6,8-11,14,22H,4,7,12-13H2,1-3H3,(H,21,23). The van der Waals surface area contributed by atoms with Gasteiger partial charge in [0.15, 0.2) is 0 Å². The van der Waals surface area contributed by atoms with E-state index in [1.54, 1.807) is 19.2 Å². The van der Waals surface area contributed by atoms with Crippen molar-refractivity contribution >= 4 is 21.6 Å². The molecule has 0 spiro atoms. The van der Waals surface area contributed by atoms with E-state index in [0.717, 1.165) is 11.1 Å². The van der Waals surface area contributed by atoms with Gasteiger partial charge in [0.2, 0.25) is 0 Å². The number of hydrogen-bond donors (Lipinski definition) is 2. The van der Waals surface area contributed by atoms with Crippen LogP contribution in [0.5, 0.6) is 0 Å². The molecule has 0 heterocycles. The van der Waals surface area contributed by atoms with E-state index in [4.69, 9.17) is 4.74 Å². The summed E-state index contributed by atoms with van der Waals surface area (Å²) >= 11 is 0. The van der Waals surface area contributed by atoms with Gasteiger partial charge in [0.05, 0.1) is 10.6 Å². The number of benzene rings is 2. The van der Waals surface area contributed by atoms with Crippen LogP contribution in [-0.2, 0) is 21.2 Å². The van der Waals surface area contributed by atoms with Gasteiger partial charge in [0.25, 0.3) is 15.9 Å². The first kappa shape index (κ1) is 20.9. The van der Waals surface area contributed by atoms with Crippen LogP contribution in [0.25, 0.3) is 0 Å². The Morgan fingerprint density at radius 2 is 1.89 bits per heavy atom. The van der Waals surface area contributed by atoms with Crippen molar-refractivity contribution in [2.75, 3.05) is 25.0 Å². The number of carbonyl (C=O) groups is 1. The van der Waals surface area contributed by atoms with Crippen molar-refractivity contribution in [1.82, 2.24) is 5.32 Å². The Morgan fingerprint density at radius 3 is 2.59 bits per heavy atom. The molecule has 2 aromatic rings. The third kappa shape index (κ3) is 5.55. The smallest absolute Gasteiger partial charge is 0.261 e. The summed E-state index contributed by atoms with van der Waals surface area (Å²) in [6.07, 6.45) is 1.40. The number of rotatable bonds is 9.